The average molecular weight is 406 g/mol. The highest BCUT2D eigenvalue weighted by molar-refractivity contribution is 5.79. The number of aromatic nitrogens is 3. The van der Waals surface area contributed by atoms with E-state index in [0.717, 1.165) is 53.2 Å². The van der Waals surface area contributed by atoms with Gasteiger partial charge in [0, 0.05) is 54.6 Å². The first kappa shape index (κ1) is 20.1. The third-order valence-corrected chi connectivity index (χ3v) is 5.67. The Morgan fingerprint density at radius 2 is 2.00 bits per heavy atom. The monoisotopic (exact) mass is 405 g/mol. The number of nitrogens with zero attached hydrogens (tertiary/aromatic N) is 4. The highest BCUT2D eigenvalue weighted by Gasteiger charge is 2.19. The second kappa shape index (κ2) is 8.65. The van der Waals surface area contributed by atoms with E-state index in [2.05, 4.69) is 10.3 Å². The molecule has 1 aromatic carbocycles. The lowest BCUT2D eigenvalue weighted by Crippen LogP contribution is -2.31. The number of hydrogen-bond acceptors (Lipinski definition) is 4. The van der Waals surface area contributed by atoms with Crippen molar-refractivity contribution in [3.8, 4) is 11.3 Å². The molecule has 0 aliphatic carbocycles. The zero-order valence-electron chi connectivity index (χ0n) is 17.5. The van der Waals surface area contributed by atoms with E-state index >= 15 is 0 Å². The van der Waals surface area contributed by atoms with Crippen LogP contribution in [0.25, 0.3) is 16.9 Å². The lowest BCUT2D eigenvalue weighted by atomic mass is 10.1. The summed E-state index contributed by atoms with van der Waals surface area (Å²) in [6, 6.07) is 12.0. The normalized spacial score (nSPS) is 13.9. The van der Waals surface area contributed by atoms with Gasteiger partial charge in [-0.25, -0.2) is 9.50 Å². The Morgan fingerprint density at radius 1 is 1.20 bits per heavy atom. The summed E-state index contributed by atoms with van der Waals surface area (Å²) in [6.45, 7) is 6.02. The second-order valence-corrected chi connectivity index (χ2v) is 7.79. The minimum Gasteiger partial charge on any atom is -0.356 e. The van der Waals surface area contributed by atoms with Gasteiger partial charge in [-0.1, -0.05) is 30.3 Å². The third-order valence-electron chi connectivity index (χ3n) is 5.67. The van der Waals surface area contributed by atoms with E-state index in [1.807, 2.05) is 59.7 Å². The number of fused-ring (bicyclic) bond motifs is 1. The molecule has 1 saturated heterocycles. The fourth-order valence-corrected chi connectivity index (χ4v) is 3.99. The summed E-state index contributed by atoms with van der Waals surface area (Å²) >= 11 is 0. The molecule has 7 heteroatoms. The van der Waals surface area contributed by atoms with Gasteiger partial charge < -0.3 is 10.2 Å². The number of aryl methyl sites for hydroxylation is 2. The molecule has 3 aromatic rings. The van der Waals surface area contributed by atoms with Crippen LogP contribution in [0.1, 0.15) is 36.2 Å². The molecule has 3 heterocycles. The van der Waals surface area contributed by atoms with Crippen molar-refractivity contribution in [2.75, 3.05) is 19.6 Å². The molecule has 1 aliphatic heterocycles. The molecule has 156 valence electrons. The fourth-order valence-electron chi connectivity index (χ4n) is 3.99. The van der Waals surface area contributed by atoms with Gasteiger partial charge in [0.1, 0.15) is 0 Å². The minimum absolute atomic E-state index is 0.0365. The molecule has 4 rings (SSSR count). The van der Waals surface area contributed by atoms with Crippen LogP contribution >= 0.6 is 0 Å². The van der Waals surface area contributed by atoms with Crippen molar-refractivity contribution in [3.63, 3.8) is 0 Å². The highest BCUT2D eigenvalue weighted by Crippen LogP contribution is 2.22. The molecule has 1 N–H and O–H groups in total. The Balaban J connectivity index is 1.42. The Hall–Kier alpha value is -3.22. The van der Waals surface area contributed by atoms with Gasteiger partial charge in [0.2, 0.25) is 11.8 Å². The molecule has 7 nitrogen and oxygen atoms in total. The molecule has 0 bridgehead atoms. The molecule has 2 aromatic heterocycles. The first-order valence-electron chi connectivity index (χ1n) is 10.5. The van der Waals surface area contributed by atoms with E-state index in [0.29, 0.717) is 19.5 Å². The number of carbonyl (C=O) groups excluding carboxylic acids is 2. The molecule has 0 radical (unpaired) electrons. The summed E-state index contributed by atoms with van der Waals surface area (Å²) in [6.07, 6.45) is 2.63. The van der Waals surface area contributed by atoms with Crippen LogP contribution in [-0.2, 0) is 16.0 Å². The molecule has 1 fully saturated rings. The van der Waals surface area contributed by atoms with E-state index in [1.54, 1.807) is 0 Å². The highest BCUT2D eigenvalue weighted by atomic mass is 16.2. The number of rotatable bonds is 7. The summed E-state index contributed by atoms with van der Waals surface area (Å²) in [4.78, 5) is 30.7. The van der Waals surface area contributed by atoms with Crippen molar-refractivity contribution in [3.05, 3.63) is 53.3 Å². The maximum atomic E-state index is 12.5. The fraction of sp³-hybridized carbons (Fsp3) is 0.391. The van der Waals surface area contributed by atoms with E-state index in [4.69, 9.17) is 5.10 Å². The summed E-state index contributed by atoms with van der Waals surface area (Å²) in [5.41, 5.74) is 5.36. The van der Waals surface area contributed by atoms with Crippen molar-refractivity contribution in [2.45, 2.75) is 39.5 Å². The molecule has 0 spiro atoms. The van der Waals surface area contributed by atoms with Crippen LogP contribution in [0, 0.1) is 13.8 Å². The standard InChI is InChI=1S/C23H27N5O2/c1-16-19(14-22(29)24-11-7-13-27-12-6-10-23(27)30)17(2)28-21(25-16)15-20(26-28)18-8-4-3-5-9-18/h3-5,8-9,15H,6-7,10-14H2,1-2H3,(H,24,29). The molecule has 2 amide bonds. The van der Waals surface area contributed by atoms with Gasteiger partial charge in [0.25, 0.3) is 0 Å². The van der Waals surface area contributed by atoms with Gasteiger partial charge >= 0.3 is 0 Å². The van der Waals surface area contributed by atoms with Crippen molar-refractivity contribution in [1.29, 1.82) is 0 Å². The Labute approximate surface area is 176 Å². The summed E-state index contributed by atoms with van der Waals surface area (Å²) < 4.78 is 1.82. The lowest BCUT2D eigenvalue weighted by molar-refractivity contribution is -0.127. The smallest absolute Gasteiger partial charge is 0.224 e. The van der Waals surface area contributed by atoms with Crippen LogP contribution in [0.15, 0.2) is 36.4 Å². The molecule has 0 unspecified atom stereocenters. The molecule has 0 atom stereocenters. The Bertz CT molecular complexity index is 1070. The Morgan fingerprint density at radius 3 is 2.73 bits per heavy atom. The van der Waals surface area contributed by atoms with Crippen molar-refractivity contribution in [1.82, 2.24) is 24.8 Å². The van der Waals surface area contributed by atoms with Crippen molar-refractivity contribution >= 4 is 17.5 Å². The maximum absolute atomic E-state index is 12.5. The topological polar surface area (TPSA) is 79.6 Å². The Kier molecular flexibility index (Phi) is 5.79. The minimum atomic E-state index is -0.0365. The van der Waals surface area contributed by atoms with Crippen LogP contribution in [0.3, 0.4) is 0 Å². The largest absolute Gasteiger partial charge is 0.356 e. The number of likely N-dealkylation sites (tertiary alicyclic amines) is 1. The summed E-state index contributed by atoms with van der Waals surface area (Å²) in [5, 5.41) is 7.67. The number of carbonyl (C=O) groups is 2. The number of hydrogen-bond donors (Lipinski definition) is 1. The van der Waals surface area contributed by atoms with Crippen LogP contribution < -0.4 is 5.32 Å². The number of nitrogens with one attached hydrogen (secondary N) is 1. The van der Waals surface area contributed by atoms with Crippen LogP contribution in [-0.4, -0.2) is 50.9 Å². The molecular formula is C23H27N5O2. The van der Waals surface area contributed by atoms with Crippen LogP contribution in [0.4, 0.5) is 0 Å². The average Bonchev–Trinajstić information content (AvgIpc) is 3.35. The lowest BCUT2D eigenvalue weighted by Gasteiger charge is -2.15. The van der Waals surface area contributed by atoms with Crippen molar-refractivity contribution in [2.24, 2.45) is 0 Å². The van der Waals surface area contributed by atoms with Gasteiger partial charge in [0.05, 0.1) is 12.1 Å². The van der Waals surface area contributed by atoms with Crippen LogP contribution in [0.2, 0.25) is 0 Å². The molecule has 30 heavy (non-hydrogen) atoms. The van der Waals surface area contributed by atoms with E-state index in [-0.39, 0.29) is 18.2 Å². The van der Waals surface area contributed by atoms with E-state index < -0.39 is 0 Å². The van der Waals surface area contributed by atoms with Crippen LogP contribution in [0.5, 0.6) is 0 Å². The van der Waals surface area contributed by atoms with E-state index in [9.17, 15) is 9.59 Å². The predicted molar refractivity (Wildman–Crippen MR) is 115 cm³/mol. The predicted octanol–water partition coefficient (Wildman–Crippen LogP) is 2.68. The van der Waals surface area contributed by atoms with Gasteiger partial charge in [-0.15, -0.1) is 0 Å². The molecule has 0 saturated carbocycles. The quantitative estimate of drug-likeness (QED) is 0.613. The molecule has 1 aliphatic rings. The summed E-state index contributed by atoms with van der Waals surface area (Å²) in [7, 11) is 0. The van der Waals surface area contributed by atoms with Gasteiger partial charge in [-0.3, -0.25) is 9.59 Å². The number of benzene rings is 1. The zero-order chi connectivity index (χ0) is 21.1. The van der Waals surface area contributed by atoms with E-state index in [1.165, 1.54) is 0 Å². The van der Waals surface area contributed by atoms with Crippen molar-refractivity contribution < 1.29 is 9.59 Å². The zero-order valence-corrected chi connectivity index (χ0v) is 17.5. The van der Waals surface area contributed by atoms with Gasteiger partial charge in [-0.2, -0.15) is 5.10 Å². The third kappa shape index (κ3) is 4.20. The number of amides is 2. The summed E-state index contributed by atoms with van der Waals surface area (Å²) in [5.74, 6) is 0.187. The SMILES string of the molecule is Cc1nc2cc(-c3ccccc3)nn2c(C)c1CC(=O)NCCCN1CCCC1=O. The first-order chi connectivity index (χ1) is 14.5. The maximum Gasteiger partial charge on any atom is 0.224 e. The van der Waals surface area contributed by atoms with Gasteiger partial charge in [0.15, 0.2) is 5.65 Å². The van der Waals surface area contributed by atoms with Gasteiger partial charge in [-0.05, 0) is 26.7 Å². The second-order valence-electron chi connectivity index (χ2n) is 7.79. The molecular weight excluding hydrogens is 378 g/mol. The first-order valence-corrected chi connectivity index (χ1v) is 10.5.